The van der Waals surface area contributed by atoms with E-state index in [-0.39, 0.29) is 5.78 Å². The Labute approximate surface area is 142 Å². The van der Waals surface area contributed by atoms with Gasteiger partial charge >= 0.3 is 0 Å². The molecule has 1 aliphatic rings. The number of hydrogen-bond acceptors (Lipinski definition) is 5. The van der Waals surface area contributed by atoms with E-state index in [1.807, 2.05) is 0 Å². The van der Waals surface area contributed by atoms with Crippen molar-refractivity contribution in [1.82, 2.24) is 19.4 Å². The van der Waals surface area contributed by atoms with E-state index in [1.165, 1.54) is 19.0 Å². The van der Waals surface area contributed by atoms with Crippen LogP contribution in [0.15, 0.2) is 36.9 Å². The van der Waals surface area contributed by atoms with Crippen molar-refractivity contribution in [1.29, 1.82) is 0 Å². The Bertz CT molecular complexity index is 663. The highest BCUT2D eigenvalue weighted by Gasteiger charge is 2.21. The third kappa shape index (κ3) is 4.07. The Kier molecular flexibility index (Phi) is 5.37. The van der Waals surface area contributed by atoms with Crippen LogP contribution in [0.2, 0.25) is 0 Å². The normalized spacial score (nSPS) is 17.8. The van der Waals surface area contributed by atoms with E-state index in [0.717, 1.165) is 19.0 Å². The summed E-state index contributed by atoms with van der Waals surface area (Å²) in [6, 6.07) is 3.45. The van der Waals surface area contributed by atoms with Crippen LogP contribution in [0.25, 0.3) is 0 Å². The van der Waals surface area contributed by atoms with Gasteiger partial charge in [0.2, 0.25) is 5.78 Å². The molecule has 2 aromatic rings. The molecular weight excluding hydrogens is 304 g/mol. The van der Waals surface area contributed by atoms with Crippen LogP contribution in [0.5, 0.6) is 0 Å². The quantitative estimate of drug-likeness (QED) is 0.816. The van der Waals surface area contributed by atoms with Crippen LogP contribution < -0.4 is 0 Å². The van der Waals surface area contributed by atoms with Crippen molar-refractivity contribution in [3.8, 4) is 0 Å². The number of nitrogens with zero attached hydrogens (tertiary/aromatic N) is 4. The van der Waals surface area contributed by atoms with Gasteiger partial charge < -0.3 is 14.6 Å². The van der Waals surface area contributed by atoms with Crippen LogP contribution in [-0.2, 0) is 6.54 Å². The van der Waals surface area contributed by atoms with Crippen LogP contribution >= 0.6 is 0 Å². The van der Waals surface area contributed by atoms with E-state index in [1.54, 1.807) is 35.3 Å². The largest absolute Gasteiger partial charge is 0.390 e. The van der Waals surface area contributed by atoms with E-state index in [0.29, 0.717) is 24.5 Å². The molecule has 0 spiro atoms. The number of rotatable bonds is 6. The van der Waals surface area contributed by atoms with Crippen LogP contribution in [0.4, 0.5) is 0 Å². The van der Waals surface area contributed by atoms with E-state index < -0.39 is 6.10 Å². The molecule has 3 rings (SSSR count). The lowest BCUT2D eigenvalue weighted by Gasteiger charge is -2.31. The zero-order valence-electron chi connectivity index (χ0n) is 14.0. The van der Waals surface area contributed by atoms with Gasteiger partial charge in [0.15, 0.2) is 5.82 Å². The number of β-amino-alcohol motifs (C(OH)–C–C–N with tert-alkyl or cyclic N) is 1. The molecule has 6 nitrogen and oxygen atoms in total. The fourth-order valence-corrected chi connectivity index (χ4v) is 3.12. The molecule has 0 amide bonds. The Hall–Kier alpha value is -2.05. The van der Waals surface area contributed by atoms with Crippen molar-refractivity contribution >= 4 is 5.78 Å². The average molecular weight is 328 g/mol. The predicted octanol–water partition coefficient (Wildman–Crippen LogP) is 1.60. The maximum Gasteiger partial charge on any atom is 0.229 e. The number of aliphatic hydroxyl groups is 1. The van der Waals surface area contributed by atoms with Crippen molar-refractivity contribution in [3.05, 3.63) is 48.3 Å². The topological polar surface area (TPSA) is 71.2 Å². The molecule has 1 saturated heterocycles. The van der Waals surface area contributed by atoms with Crippen LogP contribution in [0.3, 0.4) is 0 Å². The van der Waals surface area contributed by atoms with E-state index >= 15 is 0 Å². The highest BCUT2D eigenvalue weighted by Crippen LogP contribution is 2.16. The Morgan fingerprint density at radius 2 is 2.12 bits per heavy atom. The molecule has 0 aliphatic carbocycles. The van der Waals surface area contributed by atoms with Crippen LogP contribution in [-0.4, -0.2) is 56.1 Å². The van der Waals surface area contributed by atoms with Gasteiger partial charge in [-0.05, 0) is 44.0 Å². The summed E-state index contributed by atoms with van der Waals surface area (Å²) in [7, 11) is 0. The molecule has 1 N–H and O–H groups in total. The first-order chi connectivity index (χ1) is 11.6. The second-order valence-corrected chi connectivity index (χ2v) is 6.61. The number of imidazole rings is 1. The van der Waals surface area contributed by atoms with Gasteiger partial charge in [0.05, 0.1) is 12.6 Å². The second kappa shape index (κ2) is 7.68. The first-order valence-corrected chi connectivity index (χ1v) is 8.49. The van der Waals surface area contributed by atoms with Gasteiger partial charge in [-0.3, -0.25) is 9.78 Å². The van der Waals surface area contributed by atoms with E-state index in [9.17, 15) is 9.90 Å². The molecular formula is C18H24N4O2. The molecule has 2 aromatic heterocycles. The molecule has 0 bridgehead atoms. The van der Waals surface area contributed by atoms with Gasteiger partial charge in [0, 0.05) is 36.9 Å². The SMILES string of the molecule is CC1CCN(C[C@@H](O)Cn2ccnc2C(=O)c2cccnc2)CC1. The first kappa shape index (κ1) is 16.8. The number of carbonyl (C=O) groups is 1. The number of piperidine rings is 1. The van der Waals surface area contributed by atoms with Crippen molar-refractivity contribution in [2.45, 2.75) is 32.4 Å². The first-order valence-electron chi connectivity index (χ1n) is 8.49. The summed E-state index contributed by atoms with van der Waals surface area (Å²) < 4.78 is 1.73. The van der Waals surface area contributed by atoms with Crippen molar-refractivity contribution < 1.29 is 9.90 Å². The second-order valence-electron chi connectivity index (χ2n) is 6.61. The monoisotopic (exact) mass is 328 g/mol. The maximum atomic E-state index is 12.5. The number of carbonyl (C=O) groups excluding carboxylic acids is 1. The molecule has 0 radical (unpaired) electrons. The molecule has 1 atom stereocenters. The molecule has 1 aliphatic heterocycles. The zero-order valence-corrected chi connectivity index (χ0v) is 14.0. The highest BCUT2D eigenvalue weighted by atomic mass is 16.3. The molecule has 128 valence electrons. The third-order valence-corrected chi connectivity index (χ3v) is 4.59. The van der Waals surface area contributed by atoms with Crippen molar-refractivity contribution in [2.24, 2.45) is 5.92 Å². The van der Waals surface area contributed by atoms with Crippen LogP contribution in [0, 0.1) is 5.92 Å². The summed E-state index contributed by atoms with van der Waals surface area (Å²) in [5, 5.41) is 10.4. The van der Waals surface area contributed by atoms with Gasteiger partial charge in [-0.2, -0.15) is 0 Å². The fraction of sp³-hybridized carbons (Fsp3) is 0.500. The summed E-state index contributed by atoms with van der Waals surface area (Å²) in [5.41, 5.74) is 0.504. The molecule has 24 heavy (non-hydrogen) atoms. The minimum Gasteiger partial charge on any atom is -0.390 e. The van der Waals surface area contributed by atoms with E-state index in [4.69, 9.17) is 0 Å². The summed E-state index contributed by atoms with van der Waals surface area (Å²) in [5.74, 6) is 0.942. The van der Waals surface area contributed by atoms with Crippen molar-refractivity contribution in [2.75, 3.05) is 19.6 Å². The number of ketones is 1. The summed E-state index contributed by atoms with van der Waals surface area (Å²) >= 11 is 0. The Balaban J connectivity index is 1.62. The lowest BCUT2D eigenvalue weighted by molar-refractivity contribution is 0.0788. The maximum absolute atomic E-state index is 12.5. The third-order valence-electron chi connectivity index (χ3n) is 4.59. The fourth-order valence-electron chi connectivity index (χ4n) is 3.12. The predicted molar refractivity (Wildman–Crippen MR) is 90.7 cm³/mol. The zero-order chi connectivity index (χ0) is 16.9. The van der Waals surface area contributed by atoms with Crippen molar-refractivity contribution in [3.63, 3.8) is 0 Å². The lowest BCUT2D eigenvalue weighted by Crippen LogP contribution is -2.39. The molecule has 0 unspecified atom stereocenters. The molecule has 0 saturated carbocycles. The average Bonchev–Trinajstić information content (AvgIpc) is 3.05. The molecule has 6 heteroatoms. The van der Waals surface area contributed by atoms with Gasteiger partial charge in [-0.1, -0.05) is 6.92 Å². The molecule has 1 fully saturated rings. The van der Waals surface area contributed by atoms with Gasteiger partial charge in [-0.15, -0.1) is 0 Å². The van der Waals surface area contributed by atoms with E-state index in [2.05, 4.69) is 21.8 Å². The molecule has 0 aromatic carbocycles. The molecule has 3 heterocycles. The van der Waals surface area contributed by atoms with Crippen LogP contribution in [0.1, 0.15) is 35.9 Å². The number of hydrogen-bond donors (Lipinski definition) is 1. The number of aromatic nitrogens is 3. The number of likely N-dealkylation sites (tertiary alicyclic amines) is 1. The highest BCUT2D eigenvalue weighted by molar-refractivity contribution is 6.06. The van der Waals surface area contributed by atoms with Gasteiger partial charge in [-0.25, -0.2) is 4.98 Å². The summed E-state index contributed by atoms with van der Waals surface area (Å²) in [6.07, 6.45) is 8.35. The standard InChI is InChI=1S/C18H24N4O2/c1-14-4-8-21(9-5-14)12-16(23)13-22-10-7-20-18(22)17(24)15-3-2-6-19-11-15/h2-3,6-7,10-11,14,16,23H,4-5,8-9,12-13H2,1H3/t16-/m1/s1. The van der Waals surface area contributed by atoms with Gasteiger partial charge in [0.1, 0.15) is 0 Å². The lowest BCUT2D eigenvalue weighted by atomic mass is 9.99. The summed E-state index contributed by atoms with van der Waals surface area (Å²) in [4.78, 5) is 23.0. The number of aliphatic hydroxyl groups excluding tert-OH is 1. The minimum atomic E-state index is -0.520. The van der Waals surface area contributed by atoms with Gasteiger partial charge in [0.25, 0.3) is 0 Å². The minimum absolute atomic E-state index is 0.174. The number of pyridine rings is 1. The smallest absolute Gasteiger partial charge is 0.229 e. The Morgan fingerprint density at radius 3 is 2.83 bits per heavy atom. The Morgan fingerprint density at radius 1 is 1.33 bits per heavy atom. The summed E-state index contributed by atoms with van der Waals surface area (Å²) in [6.45, 7) is 5.33.